The average Bonchev–Trinajstić information content (AvgIpc) is 3.05. The van der Waals surface area contributed by atoms with Gasteiger partial charge in [-0.1, -0.05) is 19.1 Å². The molecule has 0 saturated carbocycles. The first-order valence-electron chi connectivity index (χ1n) is 8.42. The number of nitrogens with zero attached hydrogens (tertiary/aromatic N) is 1. The van der Waals surface area contributed by atoms with Crippen molar-refractivity contribution in [2.75, 3.05) is 13.1 Å². The van der Waals surface area contributed by atoms with Crippen LogP contribution in [-0.4, -0.2) is 46.9 Å². The number of carboxylic acid groups (broad SMARTS) is 1. The SMILES string of the molecule is CCCC(=O)N1CCCC1C(=O)NCCc1cccc(C(=O)O)c1. The quantitative estimate of drug-likeness (QED) is 0.797. The van der Waals surface area contributed by atoms with Crippen molar-refractivity contribution >= 4 is 17.8 Å². The Hall–Kier alpha value is -2.37. The number of carbonyl (C=O) groups is 3. The molecular weight excluding hydrogens is 308 g/mol. The number of hydrogen-bond acceptors (Lipinski definition) is 3. The molecule has 1 aliphatic rings. The number of likely N-dealkylation sites (tertiary alicyclic amines) is 1. The molecule has 2 rings (SSSR count). The van der Waals surface area contributed by atoms with Crippen molar-refractivity contribution < 1.29 is 19.5 Å². The van der Waals surface area contributed by atoms with Gasteiger partial charge in [0.15, 0.2) is 0 Å². The molecule has 1 aliphatic heterocycles. The van der Waals surface area contributed by atoms with Gasteiger partial charge in [0.1, 0.15) is 6.04 Å². The second-order valence-electron chi connectivity index (χ2n) is 6.04. The molecule has 2 amide bonds. The van der Waals surface area contributed by atoms with Crippen molar-refractivity contribution in [3.8, 4) is 0 Å². The van der Waals surface area contributed by atoms with Crippen LogP contribution in [0.5, 0.6) is 0 Å². The zero-order chi connectivity index (χ0) is 17.5. The lowest BCUT2D eigenvalue weighted by Crippen LogP contribution is -2.46. The normalized spacial score (nSPS) is 16.9. The van der Waals surface area contributed by atoms with Crippen LogP contribution >= 0.6 is 0 Å². The molecule has 0 spiro atoms. The summed E-state index contributed by atoms with van der Waals surface area (Å²) in [5, 5.41) is 11.9. The van der Waals surface area contributed by atoms with Crippen molar-refractivity contribution in [1.82, 2.24) is 10.2 Å². The zero-order valence-electron chi connectivity index (χ0n) is 14.0. The molecule has 0 bridgehead atoms. The summed E-state index contributed by atoms with van der Waals surface area (Å²) in [4.78, 5) is 37.0. The third kappa shape index (κ3) is 4.57. The van der Waals surface area contributed by atoms with Crippen molar-refractivity contribution in [2.45, 2.75) is 45.1 Å². The van der Waals surface area contributed by atoms with Gasteiger partial charge in [0, 0.05) is 19.5 Å². The van der Waals surface area contributed by atoms with Gasteiger partial charge in [-0.3, -0.25) is 9.59 Å². The van der Waals surface area contributed by atoms with Crippen LogP contribution in [0.2, 0.25) is 0 Å². The largest absolute Gasteiger partial charge is 0.478 e. The smallest absolute Gasteiger partial charge is 0.335 e. The van der Waals surface area contributed by atoms with Gasteiger partial charge in [-0.15, -0.1) is 0 Å². The number of carbonyl (C=O) groups excluding carboxylic acids is 2. The van der Waals surface area contributed by atoms with Crippen LogP contribution < -0.4 is 5.32 Å². The van der Waals surface area contributed by atoms with Crippen molar-refractivity contribution in [2.24, 2.45) is 0 Å². The number of benzene rings is 1. The number of hydrogen-bond donors (Lipinski definition) is 2. The first-order chi connectivity index (χ1) is 11.5. The van der Waals surface area contributed by atoms with Gasteiger partial charge < -0.3 is 15.3 Å². The maximum Gasteiger partial charge on any atom is 0.335 e. The molecule has 1 heterocycles. The lowest BCUT2D eigenvalue weighted by atomic mass is 10.1. The van der Waals surface area contributed by atoms with E-state index in [1.807, 2.05) is 13.0 Å². The monoisotopic (exact) mass is 332 g/mol. The minimum Gasteiger partial charge on any atom is -0.478 e. The third-order valence-electron chi connectivity index (χ3n) is 4.23. The van der Waals surface area contributed by atoms with E-state index in [0.717, 1.165) is 18.4 Å². The summed E-state index contributed by atoms with van der Waals surface area (Å²) in [6, 6.07) is 6.32. The first kappa shape index (κ1) is 18.0. The topological polar surface area (TPSA) is 86.7 Å². The highest BCUT2D eigenvalue weighted by Crippen LogP contribution is 2.19. The molecule has 0 aliphatic carbocycles. The number of aromatic carboxylic acids is 1. The van der Waals surface area contributed by atoms with E-state index >= 15 is 0 Å². The van der Waals surface area contributed by atoms with Crippen LogP contribution in [0.15, 0.2) is 24.3 Å². The molecule has 130 valence electrons. The summed E-state index contributed by atoms with van der Waals surface area (Å²) in [5.74, 6) is -1.03. The van der Waals surface area contributed by atoms with Crippen LogP contribution in [-0.2, 0) is 16.0 Å². The Morgan fingerprint density at radius 1 is 1.33 bits per heavy atom. The fourth-order valence-corrected chi connectivity index (χ4v) is 3.00. The molecule has 0 aromatic heterocycles. The Morgan fingerprint density at radius 3 is 2.83 bits per heavy atom. The number of nitrogens with one attached hydrogen (secondary N) is 1. The average molecular weight is 332 g/mol. The van der Waals surface area contributed by atoms with Crippen molar-refractivity contribution in [3.63, 3.8) is 0 Å². The molecule has 1 fully saturated rings. The van der Waals surface area contributed by atoms with E-state index < -0.39 is 5.97 Å². The van der Waals surface area contributed by atoms with Gasteiger partial charge in [-0.25, -0.2) is 4.79 Å². The second-order valence-corrected chi connectivity index (χ2v) is 6.04. The fourth-order valence-electron chi connectivity index (χ4n) is 3.00. The molecule has 1 unspecified atom stereocenters. The predicted octanol–water partition coefficient (Wildman–Crippen LogP) is 1.83. The summed E-state index contributed by atoms with van der Waals surface area (Å²) in [5.41, 5.74) is 1.10. The Kier molecular flexibility index (Phi) is 6.35. The summed E-state index contributed by atoms with van der Waals surface area (Å²) in [6.07, 6.45) is 3.38. The second kappa shape index (κ2) is 8.47. The Balaban J connectivity index is 1.85. The van der Waals surface area contributed by atoms with E-state index in [1.165, 1.54) is 0 Å². The standard InChI is InChI=1S/C18H24N2O4/c1-2-5-16(21)20-11-4-8-15(20)17(22)19-10-9-13-6-3-7-14(12-13)18(23)24/h3,6-7,12,15H,2,4-5,8-11H2,1H3,(H,19,22)(H,23,24). The zero-order valence-corrected chi connectivity index (χ0v) is 14.0. The number of rotatable bonds is 7. The van der Waals surface area contributed by atoms with Gasteiger partial charge in [0.25, 0.3) is 0 Å². The van der Waals surface area contributed by atoms with E-state index in [2.05, 4.69) is 5.32 Å². The van der Waals surface area contributed by atoms with E-state index in [1.54, 1.807) is 23.1 Å². The van der Waals surface area contributed by atoms with Crippen LogP contribution in [0, 0.1) is 0 Å². The molecule has 0 radical (unpaired) electrons. The van der Waals surface area contributed by atoms with Crippen LogP contribution in [0.1, 0.15) is 48.5 Å². The lowest BCUT2D eigenvalue weighted by molar-refractivity contribution is -0.138. The maximum absolute atomic E-state index is 12.3. The van der Waals surface area contributed by atoms with E-state index in [0.29, 0.717) is 32.4 Å². The summed E-state index contributed by atoms with van der Waals surface area (Å²) >= 11 is 0. The predicted molar refractivity (Wildman–Crippen MR) is 89.8 cm³/mol. The fraction of sp³-hybridized carbons (Fsp3) is 0.500. The lowest BCUT2D eigenvalue weighted by Gasteiger charge is -2.23. The number of amides is 2. The minimum atomic E-state index is -0.961. The van der Waals surface area contributed by atoms with Crippen LogP contribution in [0.3, 0.4) is 0 Å². The van der Waals surface area contributed by atoms with Gasteiger partial charge in [0.05, 0.1) is 5.56 Å². The highest BCUT2D eigenvalue weighted by Gasteiger charge is 2.33. The molecule has 6 heteroatoms. The maximum atomic E-state index is 12.3. The molecular formula is C18H24N2O4. The van der Waals surface area contributed by atoms with Gasteiger partial charge in [-0.2, -0.15) is 0 Å². The van der Waals surface area contributed by atoms with E-state index in [4.69, 9.17) is 5.11 Å². The summed E-state index contributed by atoms with van der Waals surface area (Å²) in [6.45, 7) is 3.03. The molecule has 6 nitrogen and oxygen atoms in total. The van der Waals surface area contributed by atoms with Crippen LogP contribution in [0.4, 0.5) is 0 Å². The minimum absolute atomic E-state index is 0.0457. The molecule has 2 N–H and O–H groups in total. The molecule has 1 saturated heterocycles. The van der Waals surface area contributed by atoms with Gasteiger partial charge >= 0.3 is 5.97 Å². The third-order valence-corrected chi connectivity index (χ3v) is 4.23. The summed E-state index contributed by atoms with van der Waals surface area (Å²) < 4.78 is 0. The Morgan fingerprint density at radius 2 is 2.12 bits per heavy atom. The molecule has 1 aromatic carbocycles. The number of carboxylic acids is 1. The van der Waals surface area contributed by atoms with Crippen LogP contribution in [0.25, 0.3) is 0 Å². The van der Waals surface area contributed by atoms with Crippen molar-refractivity contribution in [1.29, 1.82) is 0 Å². The van der Waals surface area contributed by atoms with E-state index in [-0.39, 0.29) is 23.4 Å². The molecule has 1 atom stereocenters. The highest BCUT2D eigenvalue weighted by atomic mass is 16.4. The Bertz CT molecular complexity index is 615. The molecule has 1 aromatic rings. The highest BCUT2D eigenvalue weighted by molar-refractivity contribution is 5.88. The summed E-state index contributed by atoms with van der Waals surface area (Å²) in [7, 11) is 0. The first-order valence-corrected chi connectivity index (χ1v) is 8.42. The van der Waals surface area contributed by atoms with Crippen molar-refractivity contribution in [3.05, 3.63) is 35.4 Å². The Labute approximate surface area is 141 Å². The molecule has 24 heavy (non-hydrogen) atoms. The van der Waals surface area contributed by atoms with Gasteiger partial charge in [-0.05, 0) is 43.4 Å². The van der Waals surface area contributed by atoms with Gasteiger partial charge in [0.2, 0.25) is 11.8 Å². The van der Waals surface area contributed by atoms with E-state index in [9.17, 15) is 14.4 Å².